The van der Waals surface area contributed by atoms with Crippen molar-refractivity contribution in [3.8, 4) is 5.75 Å². The first-order chi connectivity index (χ1) is 12.3. The van der Waals surface area contributed by atoms with Gasteiger partial charge in [0.15, 0.2) is 0 Å². The SMILES string of the molecule is COc1ccc(S(=O)(=O)N[C@H]2CC(=O)N(c3ccc(C)cc3)C2)cc1C. The lowest BCUT2D eigenvalue weighted by Gasteiger charge is -2.17. The number of nitrogens with zero attached hydrogens (tertiary/aromatic N) is 1. The molecule has 26 heavy (non-hydrogen) atoms. The highest BCUT2D eigenvalue weighted by Crippen LogP contribution is 2.25. The summed E-state index contributed by atoms with van der Waals surface area (Å²) in [7, 11) is -2.17. The molecule has 1 fully saturated rings. The van der Waals surface area contributed by atoms with Gasteiger partial charge in [-0.1, -0.05) is 17.7 Å². The molecule has 1 N–H and O–H groups in total. The van der Waals surface area contributed by atoms with Crippen molar-refractivity contribution in [1.82, 2.24) is 4.72 Å². The van der Waals surface area contributed by atoms with Gasteiger partial charge in [-0.25, -0.2) is 13.1 Å². The van der Waals surface area contributed by atoms with Gasteiger partial charge in [-0.2, -0.15) is 0 Å². The maximum atomic E-state index is 12.7. The van der Waals surface area contributed by atoms with E-state index in [0.29, 0.717) is 12.3 Å². The Balaban J connectivity index is 1.75. The number of nitrogens with one attached hydrogen (secondary N) is 1. The molecule has 0 aliphatic carbocycles. The van der Waals surface area contributed by atoms with E-state index >= 15 is 0 Å². The molecule has 1 saturated heterocycles. The third kappa shape index (κ3) is 3.73. The van der Waals surface area contributed by atoms with Gasteiger partial charge in [0.25, 0.3) is 0 Å². The van der Waals surface area contributed by atoms with Crippen LogP contribution < -0.4 is 14.4 Å². The Morgan fingerprint density at radius 1 is 1.12 bits per heavy atom. The predicted molar refractivity (Wildman–Crippen MR) is 100.0 cm³/mol. The van der Waals surface area contributed by atoms with Gasteiger partial charge in [-0.15, -0.1) is 0 Å². The molecule has 2 aromatic rings. The maximum Gasteiger partial charge on any atom is 0.240 e. The van der Waals surface area contributed by atoms with Crippen LogP contribution in [0.3, 0.4) is 0 Å². The third-order valence-corrected chi connectivity index (χ3v) is 5.99. The summed E-state index contributed by atoms with van der Waals surface area (Å²) in [6.45, 7) is 4.08. The van der Waals surface area contributed by atoms with Crippen molar-refractivity contribution >= 4 is 21.6 Å². The van der Waals surface area contributed by atoms with E-state index < -0.39 is 16.1 Å². The fourth-order valence-electron chi connectivity index (χ4n) is 3.07. The van der Waals surface area contributed by atoms with Gasteiger partial charge in [0.2, 0.25) is 15.9 Å². The van der Waals surface area contributed by atoms with E-state index in [-0.39, 0.29) is 17.2 Å². The van der Waals surface area contributed by atoms with E-state index in [1.54, 1.807) is 31.1 Å². The number of carbonyl (C=O) groups is 1. The summed E-state index contributed by atoms with van der Waals surface area (Å²) < 4.78 is 33.1. The Hall–Kier alpha value is -2.38. The summed E-state index contributed by atoms with van der Waals surface area (Å²) >= 11 is 0. The van der Waals surface area contributed by atoms with Crippen LogP contribution in [0.25, 0.3) is 0 Å². The second-order valence-corrected chi connectivity index (χ2v) is 8.21. The highest BCUT2D eigenvalue weighted by molar-refractivity contribution is 7.89. The van der Waals surface area contributed by atoms with E-state index in [0.717, 1.165) is 16.8 Å². The monoisotopic (exact) mass is 374 g/mol. The van der Waals surface area contributed by atoms with Crippen LogP contribution in [-0.4, -0.2) is 34.0 Å². The zero-order chi connectivity index (χ0) is 18.9. The molecule has 7 heteroatoms. The topological polar surface area (TPSA) is 75.7 Å². The number of ether oxygens (including phenoxy) is 1. The molecule has 138 valence electrons. The van der Waals surface area contributed by atoms with Crippen LogP contribution in [0.1, 0.15) is 17.5 Å². The minimum Gasteiger partial charge on any atom is -0.496 e. The number of anilines is 1. The summed E-state index contributed by atoms with van der Waals surface area (Å²) in [5.74, 6) is 0.540. The van der Waals surface area contributed by atoms with E-state index in [1.807, 2.05) is 31.2 Å². The van der Waals surface area contributed by atoms with E-state index in [9.17, 15) is 13.2 Å². The van der Waals surface area contributed by atoms with Gasteiger partial charge in [-0.3, -0.25) is 4.79 Å². The molecule has 0 aromatic heterocycles. The number of sulfonamides is 1. The molecule has 0 radical (unpaired) electrons. The van der Waals surface area contributed by atoms with Gasteiger partial charge in [0.05, 0.1) is 12.0 Å². The van der Waals surface area contributed by atoms with Crippen molar-refractivity contribution in [2.75, 3.05) is 18.6 Å². The Kier molecular flexibility index (Phi) is 5.02. The number of carbonyl (C=O) groups excluding carboxylic acids is 1. The standard InChI is InChI=1S/C19H22N2O4S/c1-13-4-6-16(7-5-13)21-12-15(11-19(21)22)20-26(23,24)17-8-9-18(25-3)14(2)10-17/h4-10,15,20H,11-12H2,1-3H3/t15-/m0/s1. The largest absolute Gasteiger partial charge is 0.496 e. The van der Waals surface area contributed by atoms with Crippen LogP contribution in [0.2, 0.25) is 0 Å². The minimum atomic E-state index is -3.71. The first-order valence-electron chi connectivity index (χ1n) is 8.34. The van der Waals surface area contributed by atoms with Crippen molar-refractivity contribution in [1.29, 1.82) is 0 Å². The fraction of sp³-hybridized carbons (Fsp3) is 0.316. The molecular formula is C19H22N2O4S. The molecule has 6 nitrogen and oxygen atoms in total. The summed E-state index contributed by atoms with van der Waals surface area (Å²) in [5.41, 5.74) is 2.62. The van der Waals surface area contributed by atoms with E-state index in [1.165, 1.54) is 6.07 Å². The molecular weight excluding hydrogens is 352 g/mol. The molecule has 0 saturated carbocycles. The van der Waals surface area contributed by atoms with Gasteiger partial charge >= 0.3 is 0 Å². The molecule has 1 aliphatic rings. The summed E-state index contributed by atoms with van der Waals surface area (Å²) in [5, 5.41) is 0. The number of hydrogen-bond acceptors (Lipinski definition) is 4. The third-order valence-electron chi connectivity index (χ3n) is 4.47. The van der Waals surface area contributed by atoms with Gasteiger partial charge in [0.1, 0.15) is 5.75 Å². The zero-order valence-corrected chi connectivity index (χ0v) is 15.8. The van der Waals surface area contributed by atoms with E-state index in [4.69, 9.17) is 4.74 Å². The molecule has 0 bridgehead atoms. The summed E-state index contributed by atoms with van der Waals surface area (Å²) in [4.78, 5) is 14.1. The molecule has 3 rings (SSSR count). The zero-order valence-electron chi connectivity index (χ0n) is 15.0. The fourth-order valence-corrected chi connectivity index (χ4v) is 4.38. The lowest BCUT2D eigenvalue weighted by atomic mass is 10.2. The second-order valence-electron chi connectivity index (χ2n) is 6.49. The molecule has 0 spiro atoms. The average molecular weight is 374 g/mol. The lowest BCUT2D eigenvalue weighted by molar-refractivity contribution is -0.117. The molecule has 1 amide bonds. The second kappa shape index (κ2) is 7.09. The highest BCUT2D eigenvalue weighted by atomic mass is 32.2. The average Bonchev–Trinajstić information content (AvgIpc) is 2.95. The predicted octanol–water partition coefficient (Wildman–Crippen LogP) is 2.40. The normalized spacial score (nSPS) is 17.6. The number of aryl methyl sites for hydroxylation is 2. The van der Waals surface area contributed by atoms with Crippen molar-refractivity contribution in [2.45, 2.75) is 31.2 Å². The number of hydrogen-bond donors (Lipinski definition) is 1. The van der Waals surface area contributed by atoms with Crippen LogP contribution in [0, 0.1) is 13.8 Å². The molecule has 1 aliphatic heterocycles. The summed E-state index contributed by atoms with van der Waals surface area (Å²) in [6, 6.07) is 11.8. The van der Waals surface area contributed by atoms with Crippen molar-refractivity contribution in [3.63, 3.8) is 0 Å². The lowest BCUT2D eigenvalue weighted by Crippen LogP contribution is -2.37. The van der Waals surface area contributed by atoms with E-state index in [2.05, 4.69) is 4.72 Å². The number of amides is 1. The van der Waals surface area contributed by atoms with Gasteiger partial charge in [-0.05, 0) is 49.7 Å². The van der Waals surface area contributed by atoms with Crippen molar-refractivity contribution in [3.05, 3.63) is 53.6 Å². The van der Waals surface area contributed by atoms with Gasteiger partial charge < -0.3 is 9.64 Å². The van der Waals surface area contributed by atoms with Crippen LogP contribution >= 0.6 is 0 Å². The number of benzene rings is 2. The van der Waals surface area contributed by atoms with Gasteiger partial charge in [0, 0.05) is 24.7 Å². The Morgan fingerprint density at radius 3 is 2.42 bits per heavy atom. The molecule has 1 heterocycles. The van der Waals surface area contributed by atoms with Crippen LogP contribution in [0.15, 0.2) is 47.4 Å². The smallest absolute Gasteiger partial charge is 0.240 e. The first kappa shape index (κ1) is 18.4. The van der Waals surface area contributed by atoms with Crippen molar-refractivity contribution < 1.29 is 17.9 Å². The first-order valence-corrected chi connectivity index (χ1v) is 9.82. The number of methoxy groups -OCH3 is 1. The Bertz CT molecular complexity index is 923. The minimum absolute atomic E-state index is 0.0903. The Morgan fingerprint density at radius 2 is 1.81 bits per heavy atom. The highest BCUT2D eigenvalue weighted by Gasteiger charge is 2.33. The molecule has 0 unspecified atom stereocenters. The Labute approximate surface area is 153 Å². The van der Waals surface area contributed by atoms with Crippen molar-refractivity contribution in [2.24, 2.45) is 0 Å². The van der Waals surface area contributed by atoms with Crippen LogP contribution in [-0.2, 0) is 14.8 Å². The maximum absolute atomic E-state index is 12.7. The molecule has 2 aromatic carbocycles. The molecule has 1 atom stereocenters. The van der Waals surface area contributed by atoms with Crippen LogP contribution in [0.4, 0.5) is 5.69 Å². The quantitative estimate of drug-likeness (QED) is 0.872. The van der Waals surface area contributed by atoms with Crippen LogP contribution in [0.5, 0.6) is 5.75 Å². The summed E-state index contributed by atoms with van der Waals surface area (Å²) in [6.07, 6.45) is 0.141. The number of rotatable bonds is 5.